The van der Waals surface area contributed by atoms with Gasteiger partial charge in [-0.15, -0.1) is 11.3 Å². The molecule has 0 saturated heterocycles. The molecule has 0 saturated carbocycles. The normalized spacial score (nSPS) is 13.5. The summed E-state index contributed by atoms with van der Waals surface area (Å²) in [5, 5.41) is 3.88. The summed E-state index contributed by atoms with van der Waals surface area (Å²) in [7, 11) is 0. The highest BCUT2D eigenvalue weighted by Crippen LogP contribution is 2.29. The highest BCUT2D eigenvalue weighted by molar-refractivity contribution is 9.10. The van der Waals surface area contributed by atoms with Gasteiger partial charge < -0.3 is 5.73 Å². The van der Waals surface area contributed by atoms with Gasteiger partial charge in [0.05, 0.1) is 15.7 Å². The number of nitrogens with zero attached hydrogens (tertiary/aromatic N) is 1. The lowest BCUT2D eigenvalue weighted by molar-refractivity contribution is 0.569. The largest absolute Gasteiger partial charge is 0.324 e. The number of halogens is 2. The van der Waals surface area contributed by atoms with Crippen LogP contribution in [0.4, 0.5) is 0 Å². The lowest BCUT2D eigenvalue weighted by Gasteiger charge is -2.15. The van der Waals surface area contributed by atoms with Crippen LogP contribution in [0.5, 0.6) is 0 Å². The fourth-order valence-corrected chi connectivity index (χ4v) is 3.31. The van der Waals surface area contributed by atoms with Crippen molar-refractivity contribution < 1.29 is 0 Å². The molecule has 2 rings (SSSR count). The number of thiazole rings is 1. The van der Waals surface area contributed by atoms with Crippen LogP contribution in [0.25, 0.3) is 0 Å². The van der Waals surface area contributed by atoms with Crippen LogP contribution < -0.4 is 5.73 Å². The molecule has 0 fully saturated rings. The van der Waals surface area contributed by atoms with E-state index in [4.69, 9.17) is 17.3 Å². The zero-order chi connectivity index (χ0) is 14.9. The molecule has 1 atom stereocenters. The number of nitrogens with two attached hydrogens (primary N) is 1. The van der Waals surface area contributed by atoms with E-state index in [1.54, 1.807) is 11.3 Å². The molecule has 0 spiro atoms. The first kappa shape index (κ1) is 16.0. The summed E-state index contributed by atoms with van der Waals surface area (Å²) in [5.74, 6) is 0. The van der Waals surface area contributed by atoms with Gasteiger partial charge in [-0.1, -0.05) is 38.4 Å². The van der Waals surface area contributed by atoms with Crippen molar-refractivity contribution in [2.45, 2.75) is 38.6 Å². The summed E-state index contributed by atoms with van der Waals surface area (Å²) in [6.07, 6.45) is 0.735. The molecule has 0 aliphatic carbocycles. The van der Waals surface area contributed by atoms with E-state index in [1.807, 2.05) is 18.2 Å². The molecule has 20 heavy (non-hydrogen) atoms. The van der Waals surface area contributed by atoms with Gasteiger partial charge in [0.25, 0.3) is 0 Å². The first-order valence-corrected chi connectivity index (χ1v) is 8.48. The van der Waals surface area contributed by atoms with Gasteiger partial charge in [-0.25, -0.2) is 4.98 Å². The Kier molecular flexibility index (Phi) is 4.90. The molecule has 2 nitrogen and oxygen atoms in total. The Balaban J connectivity index is 2.13. The number of aromatic nitrogens is 1. The Hall–Kier alpha value is -0.420. The number of benzene rings is 1. The smallest absolute Gasteiger partial charge is 0.0947 e. The van der Waals surface area contributed by atoms with Crippen molar-refractivity contribution in [2.75, 3.05) is 0 Å². The van der Waals surface area contributed by atoms with Crippen molar-refractivity contribution in [3.63, 3.8) is 0 Å². The number of hydrogen-bond donors (Lipinski definition) is 1. The Bertz CT molecular complexity index is 604. The molecule has 0 aliphatic heterocycles. The zero-order valence-electron chi connectivity index (χ0n) is 11.8. The average molecular weight is 374 g/mol. The quantitative estimate of drug-likeness (QED) is 0.813. The topological polar surface area (TPSA) is 38.9 Å². The maximum absolute atomic E-state index is 6.26. The molecule has 0 amide bonds. The molecule has 0 bridgehead atoms. The minimum Gasteiger partial charge on any atom is -0.324 e. The van der Waals surface area contributed by atoms with Crippen molar-refractivity contribution >= 4 is 38.9 Å². The fraction of sp³-hybridized carbons (Fsp3) is 0.400. The third kappa shape index (κ3) is 3.82. The van der Waals surface area contributed by atoms with Crippen molar-refractivity contribution in [2.24, 2.45) is 5.73 Å². The summed E-state index contributed by atoms with van der Waals surface area (Å²) >= 11 is 11.2. The Morgan fingerprint density at radius 3 is 2.65 bits per heavy atom. The lowest BCUT2D eigenvalue weighted by Crippen LogP contribution is -2.15. The van der Waals surface area contributed by atoms with Crippen molar-refractivity contribution in [1.29, 1.82) is 0 Å². The van der Waals surface area contributed by atoms with E-state index in [0.717, 1.165) is 27.2 Å². The maximum atomic E-state index is 6.26. The first-order valence-electron chi connectivity index (χ1n) is 6.43. The Morgan fingerprint density at radius 2 is 2.10 bits per heavy atom. The highest BCUT2D eigenvalue weighted by Gasteiger charge is 2.18. The second-order valence-corrected chi connectivity index (χ2v) is 8.06. The number of rotatable bonds is 3. The third-order valence-corrected chi connectivity index (χ3v) is 5.19. The predicted octanol–water partition coefficient (Wildman–Crippen LogP) is 5.10. The SMILES string of the molecule is CC(C)(C)c1csc(CC(N)c2ccc(Br)c(Cl)c2)n1. The summed E-state index contributed by atoms with van der Waals surface area (Å²) in [6.45, 7) is 6.50. The van der Waals surface area contributed by atoms with Gasteiger partial charge in [-0.05, 0) is 33.6 Å². The van der Waals surface area contributed by atoms with E-state index in [9.17, 15) is 0 Å². The van der Waals surface area contributed by atoms with Crippen LogP contribution in [-0.2, 0) is 11.8 Å². The molecule has 2 N–H and O–H groups in total. The van der Waals surface area contributed by atoms with Crippen LogP contribution in [0.3, 0.4) is 0 Å². The summed E-state index contributed by atoms with van der Waals surface area (Å²) in [6, 6.07) is 5.76. The average Bonchev–Trinajstić information content (AvgIpc) is 2.81. The van der Waals surface area contributed by atoms with Gasteiger partial charge in [0, 0.05) is 27.7 Å². The third-order valence-electron chi connectivity index (χ3n) is 3.09. The first-order chi connectivity index (χ1) is 9.27. The van der Waals surface area contributed by atoms with E-state index >= 15 is 0 Å². The van der Waals surface area contributed by atoms with Crippen LogP contribution in [0, 0.1) is 0 Å². The van der Waals surface area contributed by atoms with E-state index in [0.29, 0.717) is 5.02 Å². The van der Waals surface area contributed by atoms with Gasteiger partial charge >= 0.3 is 0 Å². The van der Waals surface area contributed by atoms with Gasteiger partial charge in [0.15, 0.2) is 0 Å². The van der Waals surface area contributed by atoms with Gasteiger partial charge in [-0.3, -0.25) is 0 Å². The molecule has 0 aliphatic rings. The summed E-state index contributed by atoms with van der Waals surface area (Å²) in [4.78, 5) is 4.68. The van der Waals surface area contributed by atoms with Crippen molar-refractivity contribution in [3.05, 3.63) is 49.3 Å². The van der Waals surface area contributed by atoms with Crippen LogP contribution in [-0.4, -0.2) is 4.98 Å². The Labute approximate surface area is 137 Å². The Morgan fingerprint density at radius 1 is 1.40 bits per heavy atom. The van der Waals surface area contributed by atoms with E-state index in [2.05, 4.69) is 47.1 Å². The van der Waals surface area contributed by atoms with Crippen LogP contribution in [0.15, 0.2) is 28.1 Å². The molecule has 1 heterocycles. The second-order valence-electron chi connectivity index (χ2n) is 5.86. The van der Waals surface area contributed by atoms with Crippen LogP contribution in [0.1, 0.15) is 43.1 Å². The maximum Gasteiger partial charge on any atom is 0.0947 e. The van der Waals surface area contributed by atoms with Crippen LogP contribution >= 0.6 is 38.9 Å². The molecule has 108 valence electrons. The lowest BCUT2D eigenvalue weighted by atomic mass is 9.93. The molecule has 0 radical (unpaired) electrons. The minimum absolute atomic E-state index is 0.0831. The summed E-state index contributed by atoms with van der Waals surface area (Å²) in [5.41, 5.74) is 8.50. The molecular weight excluding hydrogens is 356 g/mol. The van der Waals surface area contributed by atoms with Crippen LogP contribution in [0.2, 0.25) is 5.02 Å². The fourth-order valence-electron chi connectivity index (χ4n) is 1.80. The molecular formula is C15H18BrClN2S. The second kappa shape index (κ2) is 6.14. The molecule has 1 aromatic carbocycles. The predicted molar refractivity (Wildman–Crippen MR) is 90.6 cm³/mol. The standard InChI is InChI=1S/C15H18BrClN2S/c1-15(2,3)13-8-20-14(19-13)7-12(18)9-4-5-10(16)11(17)6-9/h4-6,8,12H,7,18H2,1-3H3. The molecule has 1 unspecified atom stereocenters. The van der Waals surface area contributed by atoms with E-state index in [1.165, 1.54) is 0 Å². The van der Waals surface area contributed by atoms with Gasteiger partial charge in [0.1, 0.15) is 0 Å². The minimum atomic E-state index is -0.0837. The molecule has 1 aromatic heterocycles. The van der Waals surface area contributed by atoms with E-state index < -0.39 is 0 Å². The van der Waals surface area contributed by atoms with Gasteiger partial charge in [0.2, 0.25) is 0 Å². The van der Waals surface area contributed by atoms with E-state index in [-0.39, 0.29) is 11.5 Å². The molecule has 5 heteroatoms. The molecule has 2 aromatic rings. The zero-order valence-corrected chi connectivity index (χ0v) is 14.9. The highest BCUT2D eigenvalue weighted by atomic mass is 79.9. The van der Waals surface area contributed by atoms with Crippen molar-refractivity contribution in [3.8, 4) is 0 Å². The van der Waals surface area contributed by atoms with Crippen molar-refractivity contribution in [1.82, 2.24) is 4.98 Å². The van der Waals surface area contributed by atoms with Gasteiger partial charge in [-0.2, -0.15) is 0 Å². The monoisotopic (exact) mass is 372 g/mol. The number of hydrogen-bond acceptors (Lipinski definition) is 3. The summed E-state index contributed by atoms with van der Waals surface area (Å²) < 4.78 is 0.888.